The van der Waals surface area contributed by atoms with Crippen molar-refractivity contribution in [2.75, 3.05) is 17.7 Å². The lowest BCUT2D eigenvalue weighted by Crippen LogP contribution is -2.15. The van der Waals surface area contributed by atoms with Crippen molar-refractivity contribution in [3.05, 3.63) is 70.5 Å². The molecular weight excluding hydrogens is 364 g/mol. The second kappa shape index (κ2) is 8.05. The molecule has 0 aliphatic heterocycles. The minimum atomic E-state index is -0.323. The third-order valence-corrected chi connectivity index (χ3v) is 4.12. The monoisotopic (exact) mass is 382 g/mol. The van der Waals surface area contributed by atoms with Gasteiger partial charge in [-0.2, -0.15) is 0 Å². The molecule has 0 unspecified atom stereocenters. The first kappa shape index (κ1) is 18.7. The number of rotatable bonds is 5. The van der Waals surface area contributed by atoms with Crippen molar-refractivity contribution in [1.29, 1.82) is 0 Å². The fourth-order valence-corrected chi connectivity index (χ4v) is 2.63. The molecule has 138 valence electrons. The lowest BCUT2D eigenvalue weighted by Gasteiger charge is -2.11. The van der Waals surface area contributed by atoms with Gasteiger partial charge in [0, 0.05) is 22.1 Å². The van der Waals surface area contributed by atoms with Gasteiger partial charge in [-0.3, -0.25) is 4.79 Å². The largest absolute Gasteiger partial charge is 0.497 e. The van der Waals surface area contributed by atoms with Crippen LogP contribution in [0.25, 0.3) is 0 Å². The van der Waals surface area contributed by atoms with Gasteiger partial charge in [-0.15, -0.1) is 0 Å². The summed E-state index contributed by atoms with van der Waals surface area (Å²) in [5.74, 6) is 0.728. The third kappa shape index (κ3) is 4.74. The molecule has 6 nitrogen and oxygen atoms in total. The summed E-state index contributed by atoms with van der Waals surface area (Å²) in [6.07, 6.45) is 0. The molecule has 0 atom stereocenters. The minimum absolute atomic E-state index is 0.264. The molecule has 27 heavy (non-hydrogen) atoms. The zero-order valence-electron chi connectivity index (χ0n) is 15.2. The number of hydrogen-bond donors (Lipinski definition) is 2. The van der Waals surface area contributed by atoms with E-state index < -0.39 is 0 Å². The highest BCUT2D eigenvalue weighted by molar-refractivity contribution is 6.30. The normalized spacial score (nSPS) is 10.4. The summed E-state index contributed by atoms with van der Waals surface area (Å²) in [4.78, 5) is 21.2. The second-order valence-corrected chi connectivity index (χ2v) is 6.42. The Morgan fingerprint density at radius 2 is 1.78 bits per heavy atom. The Kier molecular flexibility index (Phi) is 5.57. The van der Waals surface area contributed by atoms with Gasteiger partial charge in [0.05, 0.1) is 7.11 Å². The number of anilines is 3. The summed E-state index contributed by atoms with van der Waals surface area (Å²) < 4.78 is 5.11. The van der Waals surface area contributed by atoms with Gasteiger partial charge in [-0.05, 0) is 61.9 Å². The average molecular weight is 383 g/mol. The molecule has 0 saturated carbocycles. The van der Waals surface area contributed by atoms with Crippen molar-refractivity contribution < 1.29 is 9.53 Å². The molecule has 0 aliphatic rings. The molecule has 0 aliphatic carbocycles. The van der Waals surface area contributed by atoms with E-state index in [1.165, 1.54) is 0 Å². The van der Waals surface area contributed by atoms with E-state index in [4.69, 9.17) is 16.3 Å². The third-order valence-electron chi connectivity index (χ3n) is 3.88. The standard InChI is InChI=1S/C20H19ClN4O2/c1-12-4-5-14(21)11-17(12)24-20-22-13(2)10-18(25-20)19(26)23-15-6-8-16(27-3)9-7-15/h4-11H,1-3H3,(H,23,26)(H,22,24,25). The first-order valence-electron chi connectivity index (χ1n) is 8.29. The maximum atomic E-state index is 12.6. The first-order valence-corrected chi connectivity index (χ1v) is 8.66. The van der Waals surface area contributed by atoms with E-state index in [0.29, 0.717) is 28.1 Å². The van der Waals surface area contributed by atoms with Crippen LogP contribution in [-0.2, 0) is 0 Å². The van der Waals surface area contributed by atoms with Gasteiger partial charge in [-0.1, -0.05) is 17.7 Å². The number of aromatic nitrogens is 2. The number of methoxy groups -OCH3 is 1. The smallest absolute Gasteiger partial charge is 0.274 e. The molecule has 1 aromatic heterocycles. The predicted molar refractivity (Wildman–Crippen MR) is 107 cm³/mol. The van der Waals surface area contributed by atoms with Gasteiger partial charge >= 0.3 is 0 Å². The molecule has 1 amide bonds. The molecule has 3 aromatic rings. The minimum Gasteiger partial charge on any atom is -0.497 e. The summed E-state index contributed by atoms with van der Waals surface area (Å²) in [5.41, 5.74) is 3.37. The molecular formula is C20H19ClN4O2. The van der Waals surface area contributed by atoms with Crippen LogP contribution in [0.2, 0.25) is 5.02 Å². The Labute approximate surface area is 162 Å². The Bertz CT molecular complexity index is 974. The number of nitrogens with one attached hydrogen (secondary N) is 2. The number of ether oxygens (including phenoxy) is 1. The summed E-state index contributed by atoms with van der Waals surface area (Å²) in [6.45, 7) is 3.76. The van der Waals surface area contributed by atoms with Crippen LogP contribution >= 0.6 is 11.6 Å². The quantitative estimate of drug-likeness (QED) is 0.665. The number of nitrogens with zero attached hydrogens (tertiary/aromatic N) is 2. The van der Waals surface area contributed by atoms with Crippen molar-refractivity contribution in [3.63, 3.8) is 0 Å². The van der Waals surface area contributed by atoms with Gasteiger partial charge in [0.1, 0.15) is 11.4 Å². The van der Waals surface area contributed by atoms with Gasteiger partial charge in [0.15, 0.2) is 0 Å². The Morgan fingerprint density at radius 3 is 2.48 bits per heavy atom. The zero-order valence-corrected chi connectivity index (χ0v) is 16.0. The van der Waals surface area contributed by atoms with Crippen molar-refractivity contribution in [3.8, 4) is 5.75 Å². The van der Waals surface area contributed by atoms with E-state index in [1.807, 2.05) is 26.0 Å². The van der Waals surface area contributed by atoms with Crippen molar-refractivity contribution in [1.82, 2.24) is 9.97 Å². The lowest BCUT2D eigenvalue weighted by molar-refractivity contribution is 0.102. The number of carbonyl (C=O) groups excluding carboxylic acids is 1. The van der Waals surface area contributed by atoms with Crippen LogP contribution < -0.4 is 15.4 Å². The first-order chi connectivity index (χ1) is 12.9. The molecule has 2 N–H and O–H groups in total. The molecule has 0 radical (unpaired) electrons. The zero-order chi connectivity index (χ0) is 19.4. The summed E-state index contributed by atoms with van der Waals surface area (Å²) >= 11 is 6.05. The molecule has 0 bridgehead atoms. The highest BCUT2D eigenvalue weighted by Crippen LogP contribution is 2.23. The molecule has 1 heterocycles. The van der Waals surface area contributed by atoms with E-state index in [0.717, 1.165) is 11.3 Å². The lowest BCUT2D eigenvalue weighted by atomic mass is 10.2. The Hall–Kier alpha value is -3.12. The van der Waals surface area contributed by atoms with Gasteiger partial charge in [-0.25, -0.2) is 9.97 Å². The predicted octanol–water partition coefficient (Wildman–Crippen LogP) is 4.75. The maximum absolute atomic E-state index is 12.6. The van der Waals surface area contributed by atoms with E-state index >= 15 is 0 Å². The van der Waals surface area contributed by atoms with Crippen molar-refractivity contribution >= 4 is 34.8 Å². The van der Waals surface area contributed by atoms with Crippen LogP contribution in [0.3, 0.4) is 0 Å². The van der Waals surface area contributed by atoms with Crippen LogP contribution in [0.5, 0.6) is 5.75 Å². The number of amides is 1. The number of carbonyl (C=O) groups is 1. The number of benzene rings is 2. The Balaban J connectivity index is 1.81. The summed E-state index contributed by atoms with van der Waals surface area (Å²) in [5, 5.41) is 6.54. The number of aryl methyl sites for hydroxylation is 2. The van der Waals surface area contributed by atoms with E-state index in [-0.39, 0.29) is 11.6 Å². The van der Waals surface area contributed by atoms with Crippen LogP contribution in [0.15, 0.2) is 48.5 Å². The van der Waals surface area contributed by atoms with Crippen molar-refractivity contribution in [2.24, 2.45) is 0 Å². The maximum Gasteiger partial charge on any atom is 0.274 e. The SMILES string of the molecule is COc1ccc(NC(=O)c2cc(C)nc(Nc3cc(Cl)ccc3C)n2)cc1. The van der Waals surface area contributed by atoms with E-state index in [9.17, 15) is 4.79 Å². The van der Waals surface area contributed by atoms with Crippen LogP contribution in [-0.4, -0.2) is 23.0 Å². The van der Waals surface area contributed by atoms with Crippen molar-refractivity contribution in [2.45, 2.75) is 13.8 Å². The van der Waals surface area contributed by atoms with Crippen LogP contribution in [0.4, 0.5) is 17.3 Å². The van der Waals surface area contributed by atoms with E-state index in [1.54, 1.807) is 43.5 Å². The second-order valence-electron chi connectivity index (χ2n) is 5.99. The van der Waals surface area contributed by atoms with Crippen LogP contribution in [0.1, 0.15) is 21.7 Å². The number of hydrogen-bond acceptors (Lipinski definition) is 5. The summed E-state index contributed by atoms with van der Waals surface area (Å²) in [6, 6.07) is 14.2. The summed E-state index contributed by atoms with van der Waals surface area (Å²) in [7, 11) is 1.59. The molecule has 0 spiro atoms. The van der Waals surface area contributed by atoms with Gasteiger partial charge in [0.25, 0.3) is 5.91 Å². The van der Waals surface area contributed by atoms with Crippen LogP contribution in [0, 0.1) is 13.8 Å². The Morgan fingerprint density at radius 1 is 1.04 bits per heavy atom. The molecule has 3 rings (SSSR count). The fraction of sp³-hybridized carbons (Fsp3) is 0.150. The average Bonchev–Trinajstić information content (AvgIpc) is 2.65. The van der Waals surface area contributed by atoms with Gasteiger partial charge in [0.2, 0.25) is 5.95 Å². The molecule has 7 heteroatoms. The highest BCUT2D eigenvalue weighted by Gasteiger charge is 2.12. The van der Waals surface area contributed by atoms with Gasteiger partial charge < -0.3 is 15.4 Å². The molecule has 0 saturated heterocycles. The molecule has 0 fully saturated rings. The fourth-order valence-electron chi connectivity index (χ4n) is 2.46. The van der Waals surface area contributed by atoms with E-state index in [2.05, 4.69) is 20.6 Å². The topological polar surface area (TPSA) is 76.1 Å². The highest BCUT2D eigenvalue weighted by atomic mass is 35.5. The molecule has 2 aromatic carbocycles. The number of halogens is 1.